The highest BCUT2D eigenvalue weighted by Crippen LogP contribution is 2.25. The van der Waals surface area contributed by atoms with E-state index in [-0.39, 0.29) is 5.41 Å². The first-order valence-corrected chi connectivity index (χ1v) is 5.94. The van der Waals surface area contributed by atoms with Crippen molar-refractivity contribution in [1.29, 1.82) is 0 Å². The maximum absolute atomic E-state index is 5.67. The minimum Gasteiger partial charge on any atom is -0.455 e. The zero-order chi connectivity index (χ0) is 13.3. The van der Waals surface area contributed by atoms with Crippen LogP contribution in [0.1, 0.15) is 32.4 Å². The van der Waals surface area contributed by atoms with Crippen molar-refractivity contribution in [3.05, 3.63) is 23.7 Å². The van der Waals surface area contributed by atoms with Gasteiger partial charge in [0.1, 0.15) is 5.76 Å². The Morgan fingerprint density at radius 3 is 2.50 bits per heavy atom. The summed E-state index contributed by atoms with van der Waals surface area (Å²) in [5.41, 5.74) is -0.124. The summed E-state index contributed by atoms with van der Waals surface area (Å²) < 4.78 is 10.9. The molecule has 2 aromatic rings. The lowest BCUT2D eigenvalue weighted by Gasteiger charge is -2.10. The van der Waals surface area contributed by atoms with Gasteiger partial charge in [0.05, 0.1) is 6.54 Å². The van der Waals surface area contributed by atoms with E-state index in [2.05, 4.69) is 10.1 Å². The standard InChI is InChI=1S/C13H19N3O2/c1-13(2,3)12-14-11(18-15-12)10-7-6-9(17-10)8-16(4)5/h6-7H,8H2,1-5H3. The van der Waals surface area contributed by atoms with Gasteiger partial charge in [-0.15, -0.1) is 0 Å². The summed E-state index contributed by atoms with van der Waals surface area (Å²) >= 11 is 0. The van der Waals surface area contributed by atoms with Gasteiger partial charge in [0.25, 0.3) is 5.89 Å². The van der Waals surface area contributed by atoms with Crippen LogP contribution in [0.5, 0.6) is 0 Å². The number of rotatable bonds is 3. The molecule has 98 valence electrons. The lowest BCUT2D eigenvalue weighted by atomic mass is 9.96. The third-order valence-electron chi connectivity index (χ3n) is 2.44. The van der Waals surface area contributed by atoms with Crippen molar-refractivity contribution in [2.45, 2.75) is 32.7 Å². The molecule has 2 rings (SSSR count). The van der Waals surface area contributed by atoms with Crippen LogP contribution in [0, 0.1) is 0 Å². The molecule has 0 aliphatic heterocycles. The van der Waals surface area contributed by atoms with Crippen molar-refractivity contribution in [1.82, 2.24) is 15.0 Å². The maximum Gasteiger partial charge on any atom is 0.293 e. The Kier molecular flexibility index (Phi) is 3.26. The van der Waals surface area contributed by atoms with Gasteiger partial charge < -0.3 is 13.8 Å². The molecule has 2 heterocycles. The molecule has 5 nitrogen and oxygen atoms in total. The molecule has 0 aliphatic carbocycles. The van der Waals surface area contributed by atoms with Crippen LogP contribution in [-0.4, -0.2) is 29.1 Å². The van der Waals surface area contributed by atoms with Gasteiger partial charge in [0.15, 0.2) is 11.6 Å². The predicted molar refractivity (Wildman–Crippen MR) is 68.1 cm³/mol. The van der Waals surface area contributed by atoms with E-state index in [1.165, 1.54) is 0 Å². The quantitative estimate of drug-likeness (QED) is 0.837. The van der Waals surface area contributed by atoms with Gasteiger partial charge in [-0.2, -0.15) is 4.98 Å². The zero-order valence-corrected chi connectivity index (χ0v) is 11.5. The van der Waals surface area contributed by atoms with Crippen molar-refractivity contribution in [3.8, 4) is 11.7 Å². The predicted octanol–water partition coefficient (Wildman–Crippen LogP) is 2.69. The fourth-order valence-electron chi connectivity index (χ4n) is 1.52. The molecule has 0 spiro atoms. The molecule has 0 fully saturated rings. The van der Waals surface area contributed by atoms with Gasteiger partial charge in [-0.05, 0) is 26.2 Å². The van der Waals surface area contributed by atoms with Crippen LogP contribution in [0.15, 0.2) is 21.1 Å². The highest BCUT2D eigenvalue weighted by molar-refractivity contribution is 5.44. The molecular formula is C13H19N3O2. The minimum atomic E-state index is -0.124. The summed E-state index contributed by atoms with van der Waals surface area (Å²) in [6.45, 7) is 6.88. The second-order valence-corrected chi connectivity index (χ2v) is 5.68. The Hall–Kier alpha value is -1.62. The van der Waals surface area contributed by atoms with E-state index in [1.54, 1.807) is 0 Å². The maximum atomic E-state index is 5.67. The van der Waals surface area contributed by atoms with E-state index >= 15 is 0 Å². The second-order valence-electron chi connectivity index (χ2n) is 5.68. The van der Waals surface area contributed by atoms with Gasteiger partial charge in [0, 0.05) is 5.41 Å². The average Bonchev–Trinajstić information content (AvgIpc) is 2.81. The molecule has 0 radical (unpaired) electrons. The Morgan fingerprint density at radius 1 is 1.22 bits per heavy atom. The summed E-state index contributed by atoms with van der Waals surface area (Å²) in [5, 5.41) is 3.98. The second kappa shape index (κ2) is 4.57. The van der Waals surface area contributed by atoms with Crippen LogP contribution >= 0.6 is 0 Å². The first kappa shape index (κ1) is 12.8. The minimum absolute atomic E-state index is 0.124. The van der Waals surface area contributed by atoms with Crippen molar-refractivity contribution in [3.63, 3.8) is 0 Å². The van der Waals surface area contributed by atoms with Gasteiger partial charge >= 0.3 is 0 Å². The van der Waals surface area contributed by atoms with Gasteiger partial charge in [-0.25, -0.2) is 0 Å². The Labute approximate surface area is 107 Å². The lowest BCUT2D eigenvalue weighted by Crippen LogP contribution is -2.13. The normalized spacial score (nSPS) is 12.3. The van der Waals surface area contributed by atoms with Crippen LogP contribution in [0.4, 0.5) is 0 Å². The van der Waals surface area contributed by atoms with Crippen LogP contribution in [0.25, 0.3) is 11.7 Å². The molecular weight excluding hydrogens is 230 g/mol. The van der Waals surface area contributed by atoms with Crippen molar-refractivity contribution in [2.24, 2.45) is 0 Å². The molecule has 0 saturated heterocycles. The number of furan rings is 1. The summed E-state index contributed by atoms with van der Waals surface area (Å²) in [4.78, 5) is 6.40. The van der Waals surface area contributed by atoms with Gasteiger partial charge in [-0.3, -0.25) is 0 Å². The van der Waals surface area contributed by atoms with Crippen molar-refractivity contribution < 1.29 is 8.94 Å². The molecule has 0 bridgehead atoms. The Balaban J connectivity index is 2.21. The first-order valence-electron chi connectivity index (χ1n) is 5.94. The molecule has 0 aromatic carbocycles. The molecule has 0 aliphatic rings. The Morgan fingerprint density at radius 2 is 1.94 bits per heavy atom. The van der Waals surface area contributed by atoms with Crippen LogP contribution in [0.2, 0.25) is 0 Å². The highest BCUT2D eigenvalue weighted by Gasteiger charge is 2.22. The monoisotopic (exact) mass is 249 g/mol. The lowest BCUT2D eigenvalue weighted by molar-refractivity contribution is 0.346. The van der Waals surface area contributed by atoms with Crippen LogP contribution in [-0.2, 0) is 12.0 Å². The third-order valence-corrected chi connectivity index (χ3v) is 2.44. The molecule has 0 atom stereocenters. The first-order chi connectivity index (χ1) is 8.36. The number of aromatic nitrogens is 2. The summed E-state index contributed by atoms with van der Waals surface area (Å²) in [7, 11) is 3.99. The number of hydrogen-bond donors (Lipinski definition) is 0. The Bertz CT molecular complexity index is 520. The molecule has 5 heteroatoms. The fourth-order valence-corrected chi connectivity index (χ4v) is 1.52. The average molecular weight is 249 g/mol. The molecule has 2 aromatic heterocycles. The zero-order valence-electron chi connectivity index (χ0n) is 11.5. The van der Waals surface area contributed by atoms with E-state index in [0.29, 0.717) is 17.5 Å². The summed E-state index contributed by atoms with van der Waals surface area (Å²) in [6.07, 6.45) is 0. The largest absolute Gasteiger partial charge is 0.455 e. The number of nitrogens with zero attached hydrogens (tertiary/aromatic N) is 3. The topological polar surface area (TPSA) is 55.3 Å². The van der Waals surface area contributed by atoms with E-state index in [4.69, 9.17) is 8.94 Å². The highest BCUT2D eigenvalue weighted by atomic mass is 16.5. The smallest absolute Gasteiger partial charge is 0.293 e. The van der Waals surface area contributed by atoms with Crippen LogP contribution < -0.4 is 0 Å². The summed E-state index contributed by atoms with van der Waals surface area (Å²) in [6, 6.07) is 3.79. The fraction of sp³-hybridized carbons (Fsp3) is 0.538. The van der Waals surface area contributed by atoms with E-state index in [9.17, 15) is 0 Å². The van der Waals surface area contributed by atoms with Gasteiger partial charge in [0.2, 0.25) is 0 Å². The number of hydrogen-bond acceptors (Lipinski definition) is 5. The third kappa shape index (κ3) is 2.79. The van der Waals surface area contributed by atoms with Crippen molar-refractivity contribution in [2.75, 3.05) is 14.1 Å². The van der Waals surface area contributed by atoms with E-state index in [0.717, 1.165) is 12.3 Å². The SMILES string of the molecule is CN(C)Cc1ccc(-c2nc(C(C)(C)C)no2)o1. The van der Waals surface area contributed by atoms with E-state index < -0.39 is 0 Å². The molecule has 0 amide bonds. The molecule has 0 N–H and O–H groups in total. The summed E-state index contributed by atoms with van der Waals surface area (Å²) in [5.74, 6) is 2.62. The van der Waals surface area contributed by atoms with Crippen LogP contribution in [0.3, 0.4) is 0 Å². The molecule has 0 saturated carbocycles. The van der Waals surface area contributed by atoms with Gasteiger partial charge in [-0.1, -0.05) is 25.9 Å². The van der Waals surface area contributed by atoms with E-state index in [1.807, 2.05) is 51.9 Å². The molecule has 18 heavy (non-hydrogen) atoms. The van der Waals surface area contributed by atoms with Crippen molar-refractivity contribution >= 4 is 0 Å². The molecule has 0 unspecified atom stereocenters.